The highest BCUT2D eigenvalue weighted by atomic mass is 14.1. The Kier molecular flexibility index (Phi) is 3.89. The molecule has 0 aliphatic rings. The van der Waals surface area contributed by atoms with Crippen LogP contribution in [0.3, 0.4) is 0 Å². The number of benzene rings is 1. The molecule has 0 saturated carbocycles. The van der Waals surface area contributed by atoms with Crippen molar-refractivity contribution in [2.45, 2.75) is 27.7 Å². The van der Waals surface area contributed by atoms with Crippen LogP contribution in [-0.2, 0) is 0 Å². The van der Waals surface area contributed by atoms with Crippen molar-refractivity contribution in [1.29, 1.82) is 0 Å². The van der Waals surface area contributed by atoms with Gasteiger partial charge in [-0.15, -0.1) is 0 Å². The Hall–Kier alpha value is -1.56. The monoisotopic (exact) mass is 212 g/mol. The molecule has 0 unspecified atom stereocenters. The van der Waals surface area contributed by atoms with Crippen molar-refractivity contribution in [3.63, 3.8) is 0 Å². The standard InChI is InChI=1S/C16H20/c1-7-15-9-13(5)14(6)10-16(15)8-12(4)11(2)3/h7-10H,1-2H2,3-6H3/b12-8-. The van der Waals surface area contributed by atoms with E-state index in [9.17, 15) is 0 Å². The van der Waals surface area contributed by atoms with Gasteiger partial charge in [0, 0.05) is 0 Å². The first-order valence-electron chi connectivity index (χ1n) is 5.53. The minimum absolute atomic E-state index is 1.10. The van der Waals surface area contributed by atoms with Crippen molar-refractivity contribution in [2.75, 3.05) is 0 Å². The van der Waals surface area contributed by atoms with Crippen LogP contribution in [0.1, 0.15) is 36.1 Å². The smallest absolute Gasteiger partial charge is 0.0179 e. The zero-order chi connectivity index (χ0) is 12.3. The minimum Gasteiger partial charge on any atom is -0.0984 e. The van der Waals surface area contributed by atoms with E-state index in [1.807, 2.05) is 13.0 Å². The molecule has 1 rings (SSSR count). The average Bonchev–Trinajstić information content (AvgIpc) is 2.22. The molecule has 0 radical (unpaired) electrons. The molecule has 0 atom stereocenters. The fraction of sp³-hybridized carbons (Fsp3) is 0.250. The maximum atomic E-state index is 3.95. The molecule has 1 aromatic carbocycles. The maximum absolute atomic E-state index is 3.95. The lowest BCUT2D eigenvalue weighted by molar-refractivity contribution is 1.32. The first kappa shape index (κ1) is 12.5. The first-order chi connectivity index (χ1) is 7.45. The third-order valence-corrected chi connectivity index (χ3v) is 2.96. The van der Waals surface area contributed by atoms with Gasteiger partial charge in [-0.05, 0) is 55.5 Å². The quantitative estimate of drug-likeness (QED) is 0.623. The Morgan fingerprint density at radius 2 is 1.56 bits per heavy atom. The van der Waals surface area contributed by atoms with Gasteiger partial charge in [0.25, 0.3) is 0 Å². The molecule has 84 valence electrons. The molecule has 0 heterocycles. The molecule has 0 aliphatic heterocycles. The summed E-state index contributed by atoms with van der Waals surface area (Å²) < 4.78 is 0. The van der Waals surface area contributed by atoms with Crippen LogP contribution >= 0.6 is 0 Å². The summed E-state index contributed by atoms with van der Waals surface area (Å²) >= 11 is 0. The summed E-state index contributed by atoms with van der Waals surface area (Å²) in [5.41, 5.74) is 7.34. The molecule has 0 bridgehead atoms. The van der Waals surface area contributed by atoms with Gasteiger partial charge in [-0.25, -0.2) is 0 Å². The Bertz CT molecular complexity index is 459. The second-order valence-electron chi connectivity index (χ2n) is 4.38. The Morgan fingerprint density at radius 3 is 2.00 bits per heavy atom. The van der Waals surface area contributed by atoms with Crippen molar-refractivity contribution < 1.29 is 0 Å². The van der Waals surface area contributed by atoms with E-state index in [2.05, 4.69) is 52.1 Å². The van der Waals surface area contributed by atoms with Crippen LogP contribution in [0.25, 0.3) is 12.2 Å². The molecule has 0 aliphatic carbocycles. The van der Waals surface area contributed by atoms with Crippen LogP contribution in [0.4, 0.5) is 0 Å². The van der Waals surface area contributed by atoms with Crippen molar-refractivity contribution in [1.82, 2.24) is 0 Å². The molecule has 0 N–H and O–H groups in total. The highest BCUT2D eigenvalue weighted by Crippen LogP contribution is 2.21. The Labute approximate surface area is 99.0 Å². The molecule has 16 heavy (non-hydrogen) atoms. The summed E-state index contributed by atoms with van der Waals surface area (Å²) in [5, 5.41) is 0. The molecule has 0 heteroatoms. The number of allylic oxidation sites excluding steroid dienone is 2. The van der Waals surface area contributed by atoms with Crippen LogP contribution in [0, 0.1) is 13.8 Å². The van der Waals surface area contributed by atoms with Crippen molar-refractivity contribution in [3.8, 4) is 0 Å². The highest BCUT2D eigenvalue weighted by Gasteiger charge is 2.01. The van der Waals surface area contributed by atoms with Crippen LogP contribution < -0.4 is 0 Å². The molecule has 0 fully saturated rings. The van der Waals surface area contributed by atoms with Crippen molar-refractivity contribution in [2.24, 2.45) is 0 Å². The van der Waals surface area contributed by atoms with Crippen molar-refractivity contribution >= 4 is 12.2 Å². The number of hydrogen-bond donors (Lipinski definition) is 0. The second kappa shape index (κ2) is 4.98. The van der Waals surface area contributed by atoms with Gasteiger partial charge in [0.1, 0.15) is 0 Å². The van der Waals surface area contributed by atoms with E-state index in [0.717, 1.165) is 5.57 Å². The van der Waals surface area contributed by atoms with Gasteiger partial charge in [0.15, 0.2) is 0 Å². The van der Waals surface area contributed by atoms with Gasteiger partial charge in [0.05, 0.1) is 0 Å². The molecule has 0 spiro atoms. The van der Waals surface area contributed by atoms with Gasteiger partial charge in [0.2, 0.25) is 0 Å². The summed E-state index contributed by atoms with van der Waals surface area (Å²) in [6.07, 6.45) is 4.08. The van der Waals surface area contributed by atoms with Gasteiger partial charge in [-0.3, -0.25) is 0 Å². The normalized spacial score (nSPS) is 11.4. The predicted octanol–water partition coefficient (Wildman–Crippen LogP) is 4.93. The fourth-order valence-electron chi connectivity index (χ4n) is 1.52. The molecule has 0 amide bonds. The molecule has 0 saturated heterocycles. The molecule has 0 aromatic heterocycles. The van der Waals surface area contributed by atoms with Gasteiger partial charge >= 0.3 is 0 Å². The van der Waals surface area contributed by atoms with E-state index in [0.29, 0.717) is 0 Å². The maximum Gasteiger partial charge on any atom is -0.0179 e. The highest BCUT2D eigenvalue weighted by molar-refractivity contribution is 5.69. The van der Waals surface area contributed by atoms with E-state index in [4.69, 9.17) is 0 Å². The SMILES string of the molecule is C=Cc1cc(C)c(C)cc1/C=C(/C)C(=C)C. The van der Waals surface area contributed by atoms with Crippen LogP contribution in [-0.4, -0.2) is 0 Å². The largest absolute Gasteiger partial charge is 0.0984 e. The summed E-state index contributed by atoms with van der Waals surface area (Å²) in [6.45, 7) is 16.2. The van der Waals surface area contributed by atoms with Crippen LogP contribution in [0.5, 0.6) is 0 Å². The zero-order valence-corrected chi connectivity index (χ0v) is 10.7. The van der Waals surface area contributed by atoms with Crippen molar-refractivity contribution in [3.05, 3.63) is 58.7 Å². The fourth-order valence-corrected chi connectivity index (χ4v) is 1.52. The lowest BCUT2D eigenvalue weighted by Gasteiger charge is -2.08. The van der Waals surface area contributed by atoms with E-state index >= 15 is 0 Å². The average molecular weight is 212 g/mol. The third-order valence-electron chi connectivity index (χ3n) is 2.96. The number of hydrogen-bond acceptors (Lipinski definition) is 0. The van der Waals surface area contributed by atoms with Crippen LogP contribution in [0.15, 0.2) is 36.4 Å². The van der Waals surface area contributed by atoms with E-state index in [-0.39, 0.29) is 0 Å². The Balaban J connectivity index is 3.33. The van der Waals surface area contributed by atoms with Crippen LogP contribution in [0.2, 0.25) is 0 Å². The zero-order valence-electron chi connectivity index (χ0n) is 10.7. The molecular weight excluding hydrogens is 192 g/mol. The van der Waals surface area contributed by atoms with Gasteiger partial charge < -0.3 is 0 Å². The number of aryl methyl sites for hydroxylation is 2. The molecule has 0 nitrogen and oxygen atoms in total. The van der Waals surface area contributed by atoms with Gasteiger partial charge in [-0.2, -0.15) is 0 Å². The first-order valence-corrected chi connectivity index (χ1v) is 5.53. The minimum atomic E-state index is 1.10. The predicted molar refractivity (Wildman–Crippen MR) is 74.5 cm³/mol. The van der Waals surface area contributed by atoms with E-state index in [1.165, 1.54) is 27.8 Å². The lowest BCUT2D eigenvalue weighted by atomic mass is 9.97. The third kappa shape index (κ3) is 2.73. The topological polar surface area (TPSA) is 0 Å². The molecule has 1 aromatic rings. The van der Waals surface area contributed by atoms with E-state index < -0.39 is 0 Å². The Morgan fingerprint density at radius 1 is 1.06 bits per heavy atom. The lowest BCUT2D eigenvalue weighted by Crippen LogP contribution is -1.89. The second-order valence-corrected chi connectivity index (χ2v) is 4.38. The summed E-state index contributed by atoms with van der Waals surface area (Å²) in [7, 11) is 0. The van der Waals surface area contributed by atoms with Gasteiger partial charge in [-0.1, -0.05) is 43.0 Å². The molecular formula is C16H20. The number of rotatable bonds is 3. The summed E-state index contributed by atoms with van der Waals surface area (Å²) in [6, 6.07) is 4.39. The summed E-state index contributed by atoms with van der Waals surface area (Å²) in [5.74, 6) is 0. The summed E-state index contributed by atoms with van der Waals surface area (Å²) in [4.78, 5) is 0. The van der Waals surface area contributed by atoms with E-state index in [1.54, 1.807) is 0 Å².